The fraction of sp³-hybridized carbons (Fsp3) is 0.0833. The second-order valence-corrected chi connectivity index (χ2v) is 5.65. The summed E-state index contributed by atoms with van der Waals surface area (Å²) in [5.74, 6) is 1.42. The summed E-state index contributed by atoms with van der Waals surface area (Å²) in [7, 11) is 0. The van der Waals surface area contributed by atoms with Crippen LogP contribution < -0.4 is 0 Å². The summed E-state index contributed by atoms with van der Waals surface area (Å²) < 4.78 is 2.70. The molecular weight excluding hydrogens is 351 g/mol. The van der Waals surface area contributed by atoms with Gasteiger partial charge in [0.2, 0.25) is 0 Å². The minimum absolute atomic E-state index is 0.402. The molecule has 2 heterocycles. The summed E-state index contributed by atoms with van der Waals surface area (Å²) in [6.45, 7) is 1.86. The van der Waals surface area contributed by atoms with Crippen LogP contribution in [-0.4, -0.2) is 19.6 Å². The van der Waals surface area contributed by atoms with E-state index in [4.69, 9.17) is 23.2 Å². The lowest BCUT2D eigenvalue weighted by Gasteiger charge is -2.05. The van der Waals surface area contributed by atoms with Crippen molar-refractivity contribution in [3.05, 3.63) is 44.7 Å². The number of rotatable bonds is 1. The zero-order valence-electron chi connectivity index (χ0n) is 9.73. The largest absolute Gasteiger partial charge is 0.263 e. The molecule has 0 amide bonds. The Morgan fingerprint density at radius 2 is 1.95 bits per heavy atom. The van der Waals surface area contributed by atoms with Gasteiger partial charge in [-0.3, -0.25) is 4.40 Å². The number of hydrogen-bond acceptors (Lipinski definition) is 3. The number of fused-ring (bicyclic) bond motifs is 1. The standard InChI is InChI=1S/C12H7BrCl2N4/c1-6-16-10(15)5-11-17-18-12(19(6)11)8-3-2-7(14)4-9(8)13/h2-5H,1H3. The van der Waals surface area contributed by atoms with Gasteiger partial charge in [-0.15, -0.1) is 10.2 Å². The van der Waals surface area contributed by atoms with Gasteiger partial charge in [-0.2, -0.15) is 0 Å². The van der Waals surface area contributed by atoms with E-state index in [2.05, 4.69) is 31.1 Å². The molecule has 0 bridgehead atoms. The van der Waals surface area contributed by atoms with Crippen LogP contribution in [0.3, 0.4) is 0 Å². The lowest BCUT2D eigenvalue weighted by atomic mass is 10.2. The van der Waals surface area contributed by atoms with Gasteiger partial charge >= 0.3 is 0 Å². The first-order valence-electron chi connectivity index (χ1n) is 5.40. The normalized spacial score (nSPS) is 11.2. The average molecular weight is 358 g/mol. The average Bonchev–Trinajstić information content (AvgIpc) is 2.72. The van der Waals surface area contributed by atoms with E-state index in [1.54, 1.807) is 12.1 Å². The molecule has 0 saturated heterocycles. The fourth-order valence-electron chi connectivity index (χ4n) is 1.90. The predicted octanol–water partition coefficient (Wildman–Crippen LogP) is 4.17. The minimum atomic E-state index is 0.402. The van der Waals surface area contributed by atoms with Crippen molar-refractivity contribution in [2.24, 2.45) is 0 Å². The molecule has 0 N–H and O–H groups in total. The monoisotopic (exact) mass is 356 g/mol. The molecule has 1 aromatic carbocycles. The van der Waals surface area contributed by atoms with Gasteiger partial charge in [0.05, 0.1) is 0 Å². The van der Waals surface area contributed by atoms with E-state index in [1.807, 2.05) is 23.5 Å². The van der Waals surface area contributed by atoms with Crippen LogP contribution in [0.5, 0.6) is 0 Å². The van der Waals surface area contributed by atoms with Crippen molar-refractivity contribution < 1.29 is 0 Å². The van der Waals surface area contributed by atoms with Gasteiger partial charge < -0.3 is 0 Å². The SMILES string of the molecule is Cc1nc(Cl)cc2nnc(-c3ccc(Cl)cc3Br)n12. The van der Waals surface area contributed by atoms with Crippen LogP contribution >= 0.6 is 39.1 Å². The van der Waals surface area contributed by atoms with Gasteiger partial charge in [-0.1, -0.05) is 23.2 Å². The molecular formula is C12H7BrCl2N4. The van der Waals surface area contributed by atoms with Crippen LogP contribution in [0.2, 0.25) is 10.2 Å². The van der Waals surface area contributed by atoms with Crippen molar-refractivity contribution in [3.63, 3.8) is 0 Å². The highest BCUT2D eigenvalue weighted by Gasteiger charge is 2.14. The maximum atomic E-state index is 5.95. The van der Waals surface area contributed by atoms with Gasteiger partial charge in [0.25, 0.3) is 0 Å². The quantitative estimate of drug-likeness (QED) is 0.614. The minimum Gasteiger partial charge on any atom is -0.263 e. The van der Waals surface area contributed by atoms with E-state index >= 15 is 0 Å². The summed E-state index contributed by atoms with van der Waals surface area (Å²) in [6, 6.07) is 7.18. The van der Waals surface area contributed by atoms with Crippen molar-refractivity contribution in [1.29, 1.82) is 0 Å². The molecule has 0 aliphatic heterocycles. The highest BCUT2D eigenvalue weighted by Crippen LogP contribution is 2.30. The molecule has 7 heteroatoms. The Morgan fingerprint density at radius 1 is 1.16 bits per heavy atom. The van der Waals surface area contributed by atoms with Crippen LogP contribution in [0, 0.1) is 6.92 Å². The van der Waals surface area contributed by atoms with E-state index in [9.17, 15) is 0 Å². The zero-order chi connectivity index (χ0) is 13.6. The third kappa shape index (κ3) is 2.22. The number of benzene rings is 1. The Balaban J connectivity index is 2.31. The number of nitrogens with zero attached hydrogens (tertiary/aromatic N) is 4. The molecule has 4 nitrogen and oxygen atoms in total. The molecule has 3 aromatic rings. The summed E-state index contributed by atoms with van der Waals surface area (Å²) in [4.78, 5) is 4.21. The topological polar surface area (TPSA) is 43.1 Å². The predicted molar refractivity (Wildman–Crippen MR) is 78.7 cm³/mol. The van der Waals surface area contributed by atoms with Crippen molar-refractivity contribution in [2.45, 2.75) is 6.92 Å². The van der Waals surface area contributed by atoms with E-state index in [0.29, 0.717) is 21.6 Å². The Morgan fingerprint density at radius 3 is 2.68 bits per heavy atom. The molecule has 0 unspecified atom stereocenters. The van der Waals surface area contributed by atoms with Crippen LogP contribution in [0.4, 0.5) is 0 Å². The van der Waals surface area contributed by atoms with E-state index in [0.717, 1.165) is 15.9 Å². The Hall–Kier alpha value is -1.17. The number of aryl methyl sites for hydroxylation is 1. The Labute approximate surface area is 127 Å². The summed E-state index contributed by atoms with van der Waals surface area (Å²) in [5, 5.41) is 9.37. The second kappa shape index (κ2) is 4.74. The Kier molecular flexibility index (Phi) is 3.20. The number of halogens is 3. The third-order valence-corrected chi connectivity index (χ3v) is 3.79. The van der Waals surface area contributed by atoms with E-state index < -0.39 is 0 Å². The molecule has 3 rings (SSSR count). The van der Waals surface area contributed by atoms with E-state index in [1.165, 1.54) is 0 Å². The second-order valence-electron chi connectivity index (χ2n) is 3.97. The molecule has 0 aliphatic rings. The molecule has 2 aromatic heterocycles. The molecule has 0 fully saturated rings. The fourth-order valence-corrected chi connectivity index (χ4v) is 2.98. The smallest absolute Gasteiger partial charge is 0.170 e. The van der Waals surface area contributed by atoms with E-state index in [-0.39, 0.29) is 0 Å². The van der Waals surface area contributed by atoms with Gasteiger partial charge in [-0.25, -0.2) is 4.98 Å². The van der Waals surface area contributed by atoms with Crippen molar-refractivity contribution >= 4 is 44.8 Å². The summed E-state index contributed by atoms with van der Waals surface area (Å²) in [5.41, 5.74) is 1.55. The van der Waals surface area contributed by atoms with Crippen molar-refractivity contribution in [3.8, 4) is 11.4 Å². The van der Waals surface area contributed by atoms with Crippen molar-refractivity contribution in [1.82, 2.24) is 19.6 Å². The lowest BCUT2D eigenvalue weighted by Crippen LogP contribution is -1.98. The molecule has 0 saturated carbocycles. The Bertz CT molecular complexity index is 785. The first-order valence-corrected chi connectivity index (χ1v) is 6.95. The van der Waals surface area contributed by atoms with Crippen molar-refractivity contribution in [2.75, 3.05) is 0 Å². The molecule has 0 aliphatic carbocycles. The summed E-state index contributed by atoms with van der Waals surface area (Å²) in [6.07, 6.45) is 0. The number of aromatic nitrogens is 4. The summed E-state index contributed by atoms with van der Waals surface area (Å²) >= 11 is 15.3. The first kappa shape index (κ1) is 12.8. The number of hydrogen-bond donors (Lipinski definition) is 0. The molecule has 0 radical (unpaired) electrons. The van der Waals surface area contributed by atoms with Gasteiger partial charge in [0.15, 0.2) is 11.5 Å². The van der Waals surface area contributed by atoms with Crippen LogP contribution in [-0.2, 0) is 0 Å². The molecule has 19 heavy (non-hydrogen) atoms. The third-order valence-electron chi connectivity index (χ3n) is 2.70. The maximum absolute atomic E-state index is 5.95. The van der Waals surface area contributed by atoms with Crippen LogP contribution in [0.1, 0.15) is 5.82 Å². The van der Waals surface area contributed by atoms with Gasteiger partial charge in [-0.05, 0) is 41.1 Å². The molecule has 96 valence electrons. The molecule has 0 atom stereocenters. The van der Waals surface area contributed by atoms with Gasteiger partial charge in [0.1, 0.15) is 11.0 Å². The zero-order valence-corrected chi connectivity index (χ0v) is 12.8. The first-order chi connectivity index (χ1) is 9.06. The maximum Gasteiger partial charge on any atom is 0.170 e. The molecule has 0 spiro atoms. The van der Waals surface area contributed by atoms with Gasteiger partial charge in [0, 0.05) is 21.1 Å². The highest BCUT2D eigenvalue weighted by molar-refractivity contribution is 9.10. The highest BCUT2D eigenvalue weighted by atomic mass is 79.9. The lowest BCUT2D eigenvalue weighted by molar-refractivity contribution is 0.988. The van der Waals surface area contributed by atoms with Crippen LogP contribution in [0.25, 0.3) is 17.0 Å². The van der Waals surface area contributed by atoms with Crippen LogP contribution in [0.15, 0.2) is 28.7 Å².